The number of ether oxygens (including phenoxy) is 2. The maximum Gasteiger partial charge on any atom is 0.311 e. The van der Waals surface area contributed by atoms with Gasteiger partial charge in [-0.2, -0.15) is 0 Å². The van der Waals surface area contributed by atoms with E-state index in [1.807, 2.05) is 13.8 Å². The van der Waals surface area contributed by atoms with Gasteiger partial charge in [0.25, 0.3) is 0 Å². The average molecular weight is 547 g/mol. The van der Waals surface area contributed by atoms with Crippen molar-refractivity contribution < 1.29 is 29.0 Å². The van der Waals surface area contributed by atoms with E-state index < -0.39 is 11.4 Å². The molecule has 0 aromatic heterocycles. The van der Waals surface area contributed by atoms with Crippen LogP contribution in [0.1, 0.15) is 125 Å². The second-order valence-electron chi connectivity index (χ2n) is 14.8. The molecule has 0 aromatic carbocycles. The van der Waals surface area contributed by atoms with E-state index >= 15 is 0 Å². The van der Waals surface area contributed by atoms with E-state index in [4.69, 9.17) is 14.6 Å². The first-order chi connectivity index (χ1) is 18.3. The van der Waals surface area contributed by atoms with Gasteiger partial charge in [0.15, 0.2) is 0 Å². The standard InChI is InChI=1S/C33H54O6/c1-7-31(3,4)30(37)39-23-14-17-32(5)22(20-23)9-10-24-26-12-11-25(33(26,6)18-15-27(24)32)21(2)8-13-29(36)38-19-16-28(34)35/h21-27H,7-20H2,1-6H3,(H,34,35). The number of fused-ring (bicyclic) bond motifs is 5. The topological polar surface area (TPSA) is 89.9 Å². The number of hydrogen-bond acceptors (Lipinski definition) is 5. The fourth-order valence-corrected chi connectivity index (χ4v) is 9.63. The minimum Gasteiger partial charge on any atom is -0.481 e. The monoisotopic (exact) mass is 546 g/mol. The number of hydrogen-bond donors (Lipinski definition) is 1. The summed E-state index contributed by atoms with van der Waals surface area (Å²) in [5.41, 5.74) is 0.301. The van der Waals surface area contributed by atoms with Gasteiger partial charge in [-0.25, -0.2) is 0 Å². The zero-order valence-corrected chi connectivity index (χ0v) is 25.4. The fourth-order valence-electron chi connectivity index (χ4n) is 9.63. The lowest BCUT2D eigenvalue weighted by atomic mass is 9.44. The second-order valence-corrected chi connectivity index (χ2v) is 14.8. The Hall–Kier alpha value is -1.59. The molecule has 222 valence electrons. The molecule has 0 spiro atoms. The number of carbonyl (C=O) groups excluding carboxylic acids is 2. The quantitative estimate of drug-likeness (QED) is 0.287. The van der Waals surface area contributed by atoms with Crippen molar-refractivity contribution in [3.8, 4) is 0 Å². The van der Waals surface area contributed by atoms with Crippen LogP contribution in [0.4, 0.5) is 0 Å². The summed E-state index contributed by atoms with van der Waals surface area (Å²) in [5, 5.41) is 8.76. The predicted octanol–water partition coefficient (Wildman–Crippen LogP) is 7.43. The van der Waals surface area contributed by atoms with Crippen LogP contribution in [-0.2, 0) is 23.9 Å². The molecule has 4 aliphatic rings. The van der Waals surface area contributed by atoms with Crippen LogP contribution in [0, 0.1) is 51.8 Å². The fraction of sp³-hybridized carbons (Fsp3) is 0.909. The summed E-state index contributed by atoms with van der Waals surface area (Å²) in [6, 6.07) is 0. The van der Waals surface area contributed by atoms with E-state index in [2.05, 4.69) is 27.7 Å². The molecule has 0 radical (unpaired) electrons. The molecule has 4 fully saturated rings. The van der Waals surface area contributed by atoms with Crippen molar-refractivity contribution in [1.82, 2.24) is 0 Å². The van der Waals surface area contributed by atoms with Gasteiger partial charge < -0.3 is 14.6 Å². The number of rotatable bonds is 10. The Morgan fingerprint density at radius 1 is 0.949 bits per heavy atom. The lowest BCUT2D eigenvalue weighted by molar-refractivity contribution is -0.171. The summed E-state index contributed by atoms with van der Waals surface area (Å²) in [6.45, 7) is 13.4. The number of carboxylic acids is 1. The van der Waals surface area contributed by atoms with Gasteiger partial charge in [-0.3, -0.25) is 14.4 Å². The molecule has 0 heterocycles. The summed E-state index contributed by atoms with van der Waals surface area (Å²) in [5.74, 6) is 2.86. The van der Waals surface area contributed by atoms with Crippen LogP contribution in [0.3, 0.4) is 0 Å². The van der Waals surface area contributed by atoms with E-state index in [-0.39, 0.29) is 31.1 Å². The first kappa shape index (κ1) is 30.4. The zero-order chi connectivity index (χ0) is 28.6. The summed E-state index contributed by atoms with van der Waals surface area (Å²) in [4.78, 5) is 35.6. The highest BCUT2D eigenvalue weighted by atomic mass is 16.5. The van der Waals surface area contributed by atoms with Gasteiger partial charge in [0.2, 0.25) is 0 Å². The van der Waals surface area contributed by atoms with Crippen molar-refractivity contribution in [2.24, 2.45) is 51.8 Å². The smallest absolute Gasteiger partial charge is 0.311 e. The zero-order valence-electron chi connectivity index (χ0n) is 25.4. The van der Waals surface area contributed by atoms with Crippen LogP contribution in [0.25, 0.3) is 0 Å². The molecule has 4 aliphatic carbocycles. The summed E-state index contributed by atoms with van der Waals surface area (Å²) < 4.78 is 11.2. The number of aliphatic carboxylic acids is 1. The first-order valence-corrected chi connectivity index (χ1v) is 15.9. The maximum absolute atomic E-state index is 12.8. The second kappa shape index (κ2) is 11.7. The SMILES string of the molecule is CCC(C)(C)C(=O)OC1CCC2(C)C(CCC3C2CCC2(C)C(C(C)CCC(=O)OCCC(=O)O)CCC32)C1. The molecule has 0 bridgehead atoms. The van der Waals surface area contributed by atoms with Gasteiger partial charge in [0.1, 0.15) is 12.7 Å². The van der Waals surface area contributed by atoms with E-state index in [0.29, 0.717) is 35.0 Å². The highest BCUT2D eigenvalue weighted by Crippen LogP contribution is 2.68. The molecule has 4 saturated carbocycles. The van der Waals surface area contributed by atoms with Gasteiger partial charge in [-0.1, -0.05) is 27.7 Å². The summed E-state index contributed by atoms with van der Waals surface area (Å²) >= 11 is 0. The number of carboxylic acid groups (broad SMARTS) is 1. The normalized spacial score (nSPS) is 38.6. The van der Waals surface area contributed by atoms with Crippen LogP contribution in [0.5, 0.6) is 0 Å². The van der Waals surface area contributed by atoms with Crippen molar-refractivity contribution in [2.45, 2.75) is 131 Å². The van der Waals surface area contributed by atoms with Crippen molar-refractivity contribution in [2.75, 3.05) is 6.61 Å². The molecular weight excluding hydrogens is 492 g/mol. The van der Waals surface area contributed by atoms with Gasteiger partial charge >= 0.3 is 17.9 Å². The van der Waals surface area contributed by atoms with Crippen LogP contribution < -0.4 is 0 Å². The minimum atomic E-state index is -0.938. The largest absolute Gasteiger partial charge is 0.481 e. The lowest BCUT2D eigenvalue weighted by Gasteiger charge is -2.61. The molecule has 4 rings (SSSR count). The van der Waals surface area contributed by atoms with E-state index in [1.54, 1.807) is 0 Å². The highest BCUT2D eigenvalue weighted by Gasteiger charge is 2.60. The lowest BCUT2D eigenvalue weighted by Crippen LogP contribution is -2.54. The third-order valence-corrected chi connectivity index (χ3v) is 12.5. The third-order valence-electron chi connectivity index (χ3n) is 12.5. The average Bonchev–Trinajstić information content (AvgIpc) is 3.24. The molecule has 6 nitrogen and oxygen atoms in total. The summed E-state index contributed by atoms with van der Waals surface area (Å²) in [7, 11) is 0. The molecule has 6 heteroatoms. The highest BCUT2D eigenvalue weighted by molar-refractivity contribution is 5.76. The third kappa shape index (κ3) is 6.05. The Bertz CT molecular complexity index is 912. The van der Waals surface area contributed by atoms with Gasteiger partial charge in [0.05, 0.1) is 11.8 Å². The van der Waals surface area contributed by atoms with Crippen LogP contribution in [0.15, 0.2) is 0 Å². The number of carbonyl (C=O) groups is 3. The van der Waals surface area contributed by atoms with Crippen LogP contribution in [0.2, 0.25) is 0 Å². The Morgan fingerprint density at radius 3 is 2.33 bits per heavy atom. The molecule has 0 aliphatic heterocycles. The van der Waals surface area contributed by atoms with Gasteiger partial charge in [-0.05, 0) is 131 Å². The predicted molar refractivity (Wildman–Crippen MR) is 151 cm³/mol. The minimum absolute atomic E-state index is 0.0274. The molecule has 0 amide bonds. The molecule has 9 unspecified atom stereocenters. The molecule has 39 heavy (non-hydrogen) atoms. The van der Waals surface area contributed by atoms with E-state index in [9.17, 15) is 14.4 Å². The molecule has 0 aromatic rings. The molecular formula is C33H54O6. The van der Waals surface area contributed by atoms with Crippen molar-refractivity contribution in [1.29, 1.82) is 0 Å². The maximum atomic E-state index is 12.8. The summed E-state index contributed by atoms with van der Waals surface area (Å²) in [6.07, 6.45) is 12.9. The van der Waals surface area contributed by atoms with Crippen LogP contribution in [-0.4, -0.2) is 35.7 Å². The Labute approximate surface area is 236 Å². The van der Waals surface area contributed by atoms with E-state index in [1.165, 1.54) is 44.9 Å². The Kier molecular flexibility index (Phi) is 9.13. The molecule has 0 saturated heterocycles. The van der Waals surface area contributed by atoms with Crippen LogP contribution >= 0.6 is 0 Å². The Balaban J connectivity index is 1.34. The Morgan fingerprint density at radius 2 is 1.64 bits per heavy atom. The van der Waals surface area contributed by atoms with Crippen molar-refractivity contribution >= 4 is 17.9 Å². The first-order valence-electron chi connectivity index (χ1n) is 15.9. The van der Waals surface area contributed by atoms with Gasteiger partial charge in [-0.15, -0.1) is 0 Å². The number of esters is 2. The molecule has 1 N–H and O–H groups in total. The van der Waals surface area contributed by atoms with Crippen molar-refractivity contribution in [3.05, 3.63) is 0 Å². The molecule has 9 atom stereocenters. The van der Waals surface area contributed by atoms with Gasteiger partial charge in [0, 0.05) is 6.42 Å². The van der Waals surface area contributed by atoms with E-state index in [0.717, 1.165) is 43.4 Å². The van der Waals surface area contributed by atoms with Crippen molar-refractivity contribution in [3.63, 3.8) is 0 Å².